The summed E-state index contributed by atoms with van der Waals surface area (Å²) in [7, 11) is 0. The molecule has 1 rings (SSSR count). The Morgan fingerprint density at radius 3 is 2.24 bits per heavy atom. The summed E-state index contributed by atoms with van der Waals surface area (Å²) < 4.78 is 0. The number of nitrogens with two attached hydrogens (primary N) is 3. The zero-order chi connectivity index (χ0) is 12.8. The van der Waals surface area contributed by atoms with Gasteiger partial charge in [0.2, 0.25) is 5.96 Å². The monoisotopic (exact) mass is 233 g/mol. The molecule has 0 aliphatic rings. The molecule has 17 heavy (non-hydrogen) atoms. The van der Waals surface area contributed by atoms with E-state index < -0.39 is 0 Å². The van der Waals surface area contributed by atoms with Crippen molar-refractivity contribution >= 4 is 23.4 Å². The van der Waals surface area contributed by atoms with Crippen molar-refractivity contribution < 1.29 is 4.79 Å². The fourth-order valence-corrected chi connectivity index (χ4v) is 1.27. The zero-order valence-electron chi connectivity index (χ0n) is 9.55. The number of hydrogen-bond acceptors (Lipinski definition) is 2. The summed E-state index contributed by atoms with van der Waals surface area (Å²) in [4.78, 5) is 18.5. The van der Waals surface area contributed by atoms with Crippen molar-refractivity contribution in [1.29, 1.82) is 0 Å². The van der Waals surface area contributed by atoms with E-state index in [-0.39, 0.29) is 17.7 Å². The summed E-state index contributed by atoms with van der Waals surface area (Å²) in [5.41, 5.74) is 17.3. The van der Waals surface area contributed by atoms with Crippen LogP contribution in [0.2, 0.25) is 0 Å². The number of aliphatic imine (C=N–C) groups is 2. The van der Waals surface area contributed by atoms with E-state index in [1.54, 1.807) is 19.1 Å². The molecule has 6 N–H and O–H groups in total. The number of carbonyl (C=O) groups is 1. The van der Waals surface area contributed by atoms with Crippen molar-refractivity contribution in [3.63, 3.8) is 0 Å². The highest BCUT2D eigenvalue weighted by Crippen LogP contribution is 2.13. The molecule has 1 aromatic carbocycles. The molecule has 0 fully saturated rings. The zero-order valence-corrected chi connectivity index (χ0v) is 9.55. The van der Waals surface area contributed by atoms with Crippen LogP contribution in [0.3, 0.4) is 0 Å². The van der Waals surface area contributed by atoms with E-state index in [1.165, 1.54) is 0 Å². The summed E-state index contributed by atoms with van der Waals surface area (Å²) in [5, 5.41) is 0. The number of ketones is 1. The third kappa shape index (κ3) is 4.78. The van der Waals surface area contributed by atoms with Gasteiger partial charge in [-0.15, -0.1) is 0 Å². The molecule has 0 saturated carbocycles. The van der Waals surface area contributed by atoms with Gasteiger partial charge in [0.15, 0.2) is 5.96 Å². The van der Waals surface area contributed by atoms with Crippen molar-refractivity contribution in [2.24, 2.45) is 27.2 Å². The molecule has 0 aliphatic carbocycles. The van der Waals surface area contributed by atoms with E-state index in [4.69, 9.17) is 17.2 Å². The van der Waals surface area contributed by atoms with E-state index in [2.05, 4.69) is 9.98 Å². The maximum atomic E-state index is 10.9. The molecular weight excluding hydrogens is 218 g/mol. The Kier molecular flexibility index (Phi) is 4.21. The molecule has 0 aromatic heterocycles. The summed E-state index contributed by atoms with van der Waals surface area (Å²) >= 11 is 0. The topological polar surface area (TPSA) is 120 Å². The molecule has 0 heterocycles. The first-order valence-corrected chi connectivity index (χ1v) is 4.99. The van der Waals surface area contributed by atoms with Crippen LogP contribution >= 0.6 is 0 Å². The molecule has 0 atom stereocenters. The number of rotatable bonds is 3. The van der Waals surface area contributed by atoms with E-state index in [9.17, 15) is 4.79 Å². The Morgan fingerprint density at radius 2 is 1.76 bits per heavy atom. The predicted molar refractivity (Wildman–Crippen MR) is 67.9 cm³/mol. The van der Waals surface area contributed by atoms with Crippen LogP contribution in [-0.4, -0.2) is 17.7 Å². The minimum absolute atomic E-state index is 0.00989. The molecule has 0 radical (unpaired) electrons. The lowest BCUT2D eigenvalue weighted by Crippen LogP contribution is -2.26. The summed E-state index contributed by atoms with van der Waals surface area (Å²) in [6.45, 7) is 1.54. The Morgan fingerprint density at radius 1 is 1.18 bits per heavy atom. The van der Waals surface area contributed by atoms with Crippen LogP contribution < -0.4 is 17.2 Å². The lowest BCUT2D eigenvalue weighted by Gasteiger charge is -1.99. The lowest BCUT2D eigenvalue weighted by atomic mass is 10.1. The average Bonchev–Trinajstić information content (AvgIpc) is 2.18. The van der Waals surface area contributed by atoms with Gasteiger partial charge in [-0.2, -0.15) is 4.99 Å². The van der Waals surface area contributed by atoms with Gasteiger partial charge >= 0.3 is 0 Å². The van der Waals surface area contributed by atoms with Crippen LogP contribution in [0.4, 0.5) is 5.69 Å². The Labute approximate surface area is 99.2 Å². The number of hydrogen-bond donors (Lipinski definition) is 3. The van der Waals surface area contributed by atoms with Gasteiger partial charge in [0.1, 0.15) is 5.78 Å². The van der Waals surface area contributed by atoms with Gasteiger partial charge in [-0.25, -0.2) is 4.99 Å². The van der Waals surface area contributed by atoms with Crippen molar-refractivity contribution in [1.82, 2.24) is 0 Å². The third-order valence-corrected chi connectivity index (χ3v) is 1.88. The van der Waals surface area contributed by atoms with Crippen LogP contribution in [0.25, 0.3) is 0 Å². The third-order valence-electron chi connectivity index (χ3n) is 1.88. The summed E-state index contributed by atoms with van der Waals surface area (Å²) in [6.07, 6.45) is 0.410. The molecule has 6 nitrogen and oxygen atoms in total. The van der Waals surface area contributed by atoms with Crippen molar-refractivity contribution in [2.75, 3.05) is 0 Å². The molecular formula is C11H15N5O. The van der Waals surface area contributed by atoms with E-state index in [0.29, 0.717) is 12.1 Å². The smallest absolute Gasteiger partial charge is 0.223 e. The van der Waals surface area contributed by atoms with Gasteiger partial charge in [-0.05, 0) is 24.6 Å². The molecule has 1 aromatic rings. The van der Waals surface area contributed by atoms with Gasteiger partial charge in [-0.1, -0.05) is 12.1 Å². The van der Waals surface area contributed by atoms with E-state index in [0.717, 1.165) is 5.56 Å². The minimum atomic E-state index is -0.139. The number of nitrogens with zero attached hydrogens (tertiary/aromatic N) is 2. The first kappa shape index (κ1) is 12.7. The van der Waals surface area contributed by atoms with Crippen molar-refractivity contribution in [3.8, 4) is 0 Å². The number of guanidine groups is 2. The number of carbonyl (C=O) groups excluding carboxylic acids is 1. The Bertz CT molecular complexity index is 457. The van der Waals surface area contributed by atoms with Crippen LogP contribution in [0.5, 0.6) is 0 Å². The maximum Gasteiger partial charge on any atom is 0.223 e. The molecule has 90 valence electrons. The van der Waals surface area contributed by atoms with Gasteiger partial charge in [0, 0.05) is 6.42 Å². The Hall–Kier alpha value is -2.37. The summed E-state index contributed by atoms with van der Waals surface area (Å²) in [5.74, 6) is -0.0370. The molecule has 0 bridgehead atoms. The first-order valence-electron chi connectivity index (χ1n) is 4.99. The van der Waals surface area contributed by atoms with Gasteiger partial charge in [0.25, 0.3) is 0 Å². The molecule has 0 unspecified atom stereocenters. The Balaban J connectivity index is 2.81. The van der Waals surface area contributed by atoms with Crippen LogP contribution in [0, 0.1) is 0 Å². The highest BCUT2D eigenvalue weighted by Gasteiger charge is 1.98. The largest absolute Gasteiger partial charge is 0.370 e. The highest BCUT2D eigenvalue weighted by atomic mass is 16.1. The average molecular weight is 233 g/mol. The normalized spacial score (nSPS) is 11.0. The fraction of sp³-hybridized carbons (Fsp3) is 0.182. The number of benzene rings is 1. The van der Waals surface area contributed by atoms with Gasteiger partial charge in [-0.3, -0.25) is 4.79 Å². The second-order valence-corrected chi connectivity index (χ2v) is 3.55. The fourth-order valence-electron chi connectivity index (χ4n) is 1.27. The standard InChI is InChI=1S/C11H15N5O/c1-7(17)6-8-2-4-9(5-3-8)15-11(14)16-10(12)13/h2-5H,6H2,1H3,(H6,12,13,14,15,16). The van der Waals surface area contributed by atoms with Crippen LogP contribution in [-0.2, 0) is 11.2 Å². The number of Topliss-reactive ketones (excluding diaryl/α,β-unsaturated/α-hetero) is 1. The maximum absolute atomic E-state index is 10.9. The molecule has 0 amide bonds. The van der Waals surface area contributed by atoms with Gasteiger partial charge < -0.3 is 17.2 Å². The SMILES string of the molecule is CC(=O)Cc1ccc(N=C(N)N=C(N)N)cc1. The molecule has 0 aliphatic heterocycles. The first-order chi connectivity index (χ1) is 7.97. The highest BCUT2D eigenvalue weighted by molar-refractivity contribution is 5.93. The van der Waals surface area contributed by atoms with Crippen molar-refractivity contribution in [3.05, 3.63) is 29.8 Å². The van der Waals surface area contributed by atoms with Gasteiger partial charge in [0.05, 0.1) is 5.69 Å². The van der Waals surface area contributed by atoms with Crippen molar-refractivity contribution in [2.45, 2.75) is 13.3 Å². The molecule has 0 spiro atoms. The molecule has 6 heteroatoms. The summed E-state index contributed by atoms with van der Waals surface area (Å²) in [6, 6.07) is 7.10. The van der Waals surface area contributed by atoms with Crippen LogP contribution in [0.1, 0.15) is 12.5 Å². The lowest BCUT2D eigenvalue weighted by molar-refractivity contribution is -0.116. The van der Waals surface area contributed by atoms with Crippen LogP contribution in [0.15, 0.2) is 34.3 Å². The predicted octanol–water partition coefficient (Wildman–Crippen LogP) is 0.0377. The second-order valence-electron chi connectivity index (χ2n) is 3.55. The molecule has 0 saturated heterocycles. The second kappa shape index (κ2) is 5.64. The quantitative estimate of drug-likeness (QED) is 0.504. The van der Waals surface area contributed by atoms with E-state index in [1.807, 2.05) is 12.1 Å². The van der Waals surface area contributed by atoms with E-state index >= 15 is 0 Å². The minimum Gasteiger partial charge on any atom is -0.370 e.